The third-order valence-electron chi connectivity index (χ3n) is 2.76. The summed E-state index contributed by atoms with van der Waals surface area (Å²) in [7, 11) is -2.73. The Balaban J connectivity index is 2.26. The Kier molecular flexibility index (Phi) is 4.01. The highest BCUT2D eigenvalue weighted by atomic mass is 35.5. The highest BCUT2D eigenvalue weighted by Gasteiger charge is 2.38. The van der Waals surface area contributed by atoms with Crippen molar-refractivity contribution in [3.05, 3.63) is 22.4 Å². The summed E-state index contributed by atoms with van der Waals surface area (Å²) in [4.78, 5) is 27.3. The molecule has 2 rings (SSSR count). The molecule has 1 N–H and O–H groups in total. The first-order valence-electron chi connectivity index (χ1n) is 5.36. The van der Waals surface area contributed by atoms with E-state index in [1.165, 1.54) is 7.05 Å². The number of hydrogen-bond acceptors (Lipinski definition) is 5. The normalized spacial score (nSPS) is 19.8. The van der Waals surface area contributed by atoms with E-state index in [2.05, 4.69) is 9.71 Å². The van der Waals surface area contributed by atoms with Crippen molar-refractivity contribution in [3.8, 4) is 0 Å². The van der Waals surface area contributed by atoms with Crippen LogP contribution in [0.3, 0.4) is 0 Å². The lowest BCUT2D eigenvalue weighted by atomic mass is 10.3. The van der Waals surface area contributed by atoms with E-state index >= 15 is 0 Å². The van der Waals surface area contributed by atoms with Crippen molar-refractivity contribution in [1.29, 1.82) is 0 Å². The molecule has 1 aromatic heterocycles. The van der Waals surface area contributed by atoms with Gasteiger partial charge >= 0.3 is 0 Å². The van der Waals surface area contributed by atoms with Crippen LogP contribution in [0.5, 0.6) is 0 Å². The van der Waals surface area contributed by atoms with Gasteiger partial charge < -0.3 is 0 Å². The second-order valence-corrected chi connectivity index (χ2v) is 6.59. The lowest BCUT2D eigenvalue weighted by molar-refractivity contribution is -0.137. The van der Waals surface area contributed by atoms with Crippen molar-refractivity contribution in [1.82, 2.24) is 14.6 Å². The number of carbonyl (C=O) groups excluding carboxylic acids is 2. The SMILES string of the molecule is CN1C(=O)CC(NS(=O)(=O)c2cnc(Cl)c(Cl)c2)C1=O. The van der Waals surface area contributed by atoms with Crippen molar-refractivity contribution < 1.29 is 18.0 Å². The minimum absolute atomic E-state index is 0.0273. The number of sulfonamides is 1. The predicted octanol–water partition coefficient (Wildman–Crippen LogP) is 0.424. The van der Waals surface area contributed by atoms with E-state index in [0.717, 1.165) is 17.2 Å². The monoisotopic (exact) mass is 337 g/mol. The molecule has 0 saturated carbocycles. The zero-order chi connectivity index (χ0) is 15.1. The summed E-state index contributed by atoms with van der Waals surface area (Å²) >= 11 is 11.3. The molecule has 1 unspecified atom stereocenters. The number of likely N-dealkylation sites (N-methyl/N-ethyl adjacent to an activating group) is 1. The molecule has 10 heteroatoms. The highest BCUT2D eigenvalue weighted by molar-refractivity contribution is 7.89. The van der Waals surface area contributed by atoms with Crippen LogP contribution in [0.15, 0.2) is 17.2 Å². The second kappa shape index (κ2) is 5.28. The molecular formula is C10H9Cl2N3O4S. The zero-order valence-electron chi connectivity index (χ0n) is 10.1. The molecule has 1 fully saturated rings. The first-order chi connectivity index (χ1) is 9.22. The van der Waals surface area contributed by atoms with Crippen LogP contribution in [-0.4, -0.2) is 43.2 Å². The van der Waals surface area contributed by atoms with Crippen molar-refractivity contribution in [2.45, 2.75) is 17.4 Å². The number of amides is 2. The Bertz CT molecular complexity index is 692. The van der Waals surface area contributed by atoms with E-state index in [0.29, 0.717) is 0 Å². The average Bonchev–Trinajstić information content (AvgIpc) is 2.60. The number of nitrogens with zero attached hydrogens (tertiary/aromatic N) is 2. The molecule has 2 amide bonds. The molecule has 0 bridgehead atoms. The molecule has 0 spiro atoms. The van der Waals surface area contributed by atoms with Crippen molar-refractivity contribution >= 4 is 45.0 Å². The molecule has 108 valence electrons. The van der Waals surface area contributed by atoms with Crippen LogP contribution in [0.1, 0.15) is 6.42 Å². The first kappa shape index (κ1) is 15.2. The number of imide groups is 1. The number of hydrogen-bond donors (Lipinski definition) is 1. The van der Waals surface area contributed by atoms with Gasteiger partial charge in [0, 0.05) is 13.2 Å². The van der Waals surface area contributed by atoms with Gasteiger partial charge in [-0.1, -0.05) is 23.2 Å². The summed E-state index contributed by atoms with van der Waals surface area (Å²) in [6.07, 6.45) is 0.796. The third kappa shape index (κ3) is 2.78. The zero-order valence-corrected chi connectivity index (χ0v) is 12.5. The fraction of sp³-hybridized carbons (Fsp3) is 0.300. The molecule has 1 atom stereocenters. The van der Waals surface area contributed by atoms with Crippen molar-refractivity contribution in [3.63, 3.8) is 0 Å². The van der Waals surface area contributed by atoms with Gasteiger partial charge in [0.15, 0.2) is 0 Å². The van der Waals surface area contributed by atoms with E-state index < -0.39 is 27.9 Å². The largest absolute Gasteiger partial charge is 0.284 e. The maximum absolute atomic E-state index is 12.1. The average molecular weight is 338 g/mol. The van der Waals surface area contributed by atoms with E-state index in [1.54, 1.807) is 0 Å². The van der Waals surface area contributed by atoms with Gasteiger partial charge in [0.1, 0.15) is 16.1 Å². The lowest BCUT2D eigenvalue weighted by Gasteiger charge is -2.11. The van der Waals surface area contributed by atoms with E-state index in [1.807, 2.05) is 0 Å². The second-order valence-electron chi connectivity index (χ2n) is 4.11. The summed E-state index contributed by atoms with van der Waals surface area (Å²) in [5.41, 5.74) is 0. The standard InChI is InChI=1S/C10H9Cl2N3O4S/c1-15-8(16)3-7(10(15)17)14-20(18,19)5-2-6(11)9(12)13-4-5/h2,4,7,14H,3H2,1H3. The number of likely N-dealkylation sites (tertiary alicyclic amines) is 1. The molecule has 7 nitrogen and oxygen atoms in total. The van der Waals surface area contributed by atoms with Crippen LogP contribution in [0.4, 0.5) is 0 Å². The summed E-state index contributed by atoms with van der Waals surface area (Å²) in [6.45, 7) is 0. The number of aromatic nitrogens is 1. The molecule has 0 aliphatic carbocycles. The topological polar surface area (TPSA) is 96.4 Å². The maximum Gasteiger partial charge on any atom is 0.247 e. The predicted molar refractivity (Wildman–Crippen MR) is 70.8 cm³/mol. The molecule has 1 aromatic rings. The molecule has 1 aliphatic rings. The number of nitrogens with one attached hydrogen (secondary N) is 1. The Morgan fingerprint density at radius 1 is 1.40 bits per heavy atom. The summed E-state index contributed by atoms with van der Waals surface area (Å²) in [5.74, 6) is -1.05. The third-order valence-corrected chi connectivity index (χ3v) is 4.89. The van der Waals surface area contributed by atoms with Gasteiger partial charge in [-0.25, -0.2) is 13.4 Å². The van der Waals surface area contributed by atoms with Gasteiger partial charge in [0.2, 0.25) is 21.8 Å². The molecule has 1 aliphatic heterocycles. The Labute approximate surface area is 124 Å². The number of pyridine rings is 1. The molecule has 20 heavy (non-hydrogen) atoms. The van der Waals surface area contributed by atoms with Crippen LogP contribution in [0.25, 0.3) is 0 Å². The number of halogens is 2. The molecule has 0 aromatic carbocycles. The molecular weight excluding hydrogens is 329 g/mol. The Morgan fingerprint density at radius 3 is 2.55 bits per heavy atom. The maximum atomic E-state index is 12.1. The van der Waals surface area contributed by atoms with Crippen molar-refractivity contribution in [2.24, 2.45) is 0 Å². The van der Waals surface area contributed by atoms with E-state index in [-0.39, 0.29) is 21.5 Å². The van der Waals surface area contributed by atoms with E-state index in [9.17, 15) is 18.0 Å². The van der Waals surface area contributed by atoms with Gasteiger partial charge in [0.05, 0.1) is 11.4 Å². The van der Waals surface area contributed by atoms with Gasteiger partial charge in [-0.05, 0) is 6.07 Å². The van der Waals surface area contributed by atoms with Crippen LogP contribution >= 0.6 is 23.2 Å². The Hall–Kier alpha value is -1.22. The fourth-order valence-corrected chi connectivity index (χ4v) is 3.15. The quantitative estimate of drug-likeness (QED) is 0.637. The molecule has 0 radical (unpaired) electrons. The van der Waals surface area contributed by atoms with Crippen LogP contribution < -0.4 is 4.72 Å². The van der Waals surface area contributed by atoms with Gasteiger partial charge in [-0.15, -0.1) is 0 Å². The minimum atomic E-state index is -4.02. The first-order valence-corrected chi connectivity index (χ1v) is 7.60. The molecule has 2 heterocycles. The van der Waals surface area contributed by atoms with Crippen LogP contribution in [0.2, 0.25) is 10.2 Å². The van der Waals surface area contributed by atoms with E-state index in [4.69, 9.17) is 23.2 Å². The Morgan fingerprint density at radius 2 is 2.05 bits per heavy atom. The summed E-state index contributed by atoms with van der Waals surface area (Å²) in [6, 6.07) is -0.00330. The summed E-state index contributed by atoms with van der Waals surface area (Å²) in [5, 5.41) is -0.0574. The van der Waals surface area contributed by atoms with Gasteiger partial charge in [0.25, 0.3) is 0 Å². The summed E-state index contributed by atoms with van der Waals surface area (Å²) < 4.78 is 26.3. The smallest absolute Gasteiger partial charge is 0.247 e. The van der Waals surface area contributed by atoms with Crippen LogP contribution in [0, 0.1) is 0 Å². The van der Waals surface area contributed by atoms with Crippen molar-refractivity contribution in [2.75, 3.05) is 7.05 Å². The fourth-order valence-electron chi connectivity index (χ4n) is 1.65. The lowest BCUT2D eigenvalue weighted by Crippen LogP contribution is -2.40. The highest BCUT2D eigenvalue weighted by Crippen LogP contribution is 2.23. The van der Waals surface area contributed by atoms with Gasteiger partial charge in [-0.3, -0.25) is 14.5 Å². The number of carbonyl (C=O) groups is 2. The minimum Gasteiger partial charge on any atom is -0.284 e. The van der Waals surface area contributed by atoms with Crippen LogP contribution in [-0.2, 0) is 19.6 Å². The molecule has 1 saturated heterocycles. The van der Waals surface area contributed by atoms with Gasteiger partial charge in [-0.2, -0.15) is 4.72 Å². The number of rotatable bonds is 3.